The van der Waals surface area contributed by atoms with Crippen LogP contribution < -0.4 is 15.4 Å². The van der Waals surface area contributed by atoms with E-state index < -0.39 is 11.9 Å². The quantitative estimate of drug-likeness (QED) is 0.381. The summed E-state index contributed by atoms with van der Waals surface area (Å²) in [5, 5.41) is 0. The number of anilines is 1. The number of pyridine rings is 1. The smallest absolute Gasteiger partial charge is 0.243 e. The molecule has 1 unspecified atom stereocenters. The Morgan fingerprint density at radius 1 is 1.18 bits per heavy atom. The summed E-state index contributed by atoms with van der Waals surface area (Å²) in [6, 6.07) is 4.58. The Morgan fingerprint density at radius 3 is 2.79 bits per heavy atom. The van der Waals surface area contributed by atoms with Crippen LogP contribution >= 0.6 is 0 Å². The first kappa shape index (κ1) is 22.5. The normalized spacial score (nSPS) is 15.2. The second kappa shape index (κ2) is 10.3. The number of nitrogens with zero attached hydrogens (tertiary/aromatic N) is 6. The summed E-state index contributed by atoms with van der Waals surface area (Å²) in [6.07, 6.45) is 6.25. The van der Waals surface area contributed by atoms with E-state index in [9.17, 15) is 9.18 Å². The van der Waals surface area contributed by atoms with Crippen molar-refractivity contribution in [2.24, 2.45) is 5.73 Å². The second-order valence-corrected chi connectivity index (χ2v) is 7.49. The zero-order valence-corrected chi connectivity index (χ0v) is 18.1. The molecule has 0 fully saturated rings. The average Bonchev–Trinajstić information content (AvgIpc) is 2.81. The van der Waals surface area contributed by atoms with Gasteiger partial charge in [0, 0.05) is 55.7 Å². The van der Waals surface area contributed by atoms with E-state index >= 15 is 0 Å². The monoisotopic (exact) mass is 453 g/mol. The summed E-state index contributed by atoms with van der Waals surface area (Å²) in [5.74, 6) is 0.655. The third kappa shape index (κ3) is 5.55. The molecule has 2 N–H and O–H groups in total. The summed E-state index contributed by atoms with van der Waals surface area (Å²) in [7, 11) is 0. The van der Waals surface area contributed by atoms with Crippen molar-refractivity contribution in [2.75, 3.05) is 31.3 Å². The number of hydrogen-bond acceptors (Lipinski definition) is 9. The third-order valence-electron chi connectivity index (χ3n) is 5.17. The minimum Gasteiger partial charge on any atom is -0.493 e. The van der Waals surface area contributed by atoms with E-state index in [-0.39, 0.29) is 12.6 Å². The summed E-state index contributed by atoms with van der Waals surface area (Å²) in [4.78, 5) is 34.2. The molecule has 3 aromatic rings. The molecule has 11 heteroatoms. The van der Waals surface area contributed by atoms with Gasteiger partial charge in [-0.2, -0.15) is 4.39 Å². The second-order valence-electron chi connectivity index (χ2n) is 7.49. The lowest BCUT2D eigenvalue weighted by atomic mass is 9.99. The lowest BCUT2D eigenvalue weighted by Gasteiger charge is -2.35. The van der Waals surface area contributed by atoms with Gasteiger partial charge in [-0.05, 0) is 13.0 Å². The van der Waals surface area contributed by atoms with Crippen molar-refractivity contribution in [1.29, 1.82) is 0 Å². The molecule has 1 atom stereocenters. The first-order chi connectivity index (χ1) is 16.0. The maximum Gasteiger partial charge on any atom is 0.243 e. The van der Waals surface area contributed by atoms with Crippen LogP contribution in [0.4, 0.5) is 10.2 Å². The molecule has 0 saturated heterocycles. The Morgan fingerprint density at radius 2 is 2.00 bits per heavy atom. The van der Waals surface area contributed by atoms with Gasteiger partial charge in [-0.3, -0.25) is 4.79 Å². The predicted octanol–water partition coefficient (Wildman–Crippen LogP) is 1.86. The van der Waals surface area contributed by atoms with Crippen LogP contribution in [0, 0.1) is 5.95 Å². The summed E-state index contributed by atoms with van der Waals surface area (Å²) >= 11 is 0. The zero-order valence-electron chi connectivity index (χ0n) is 18.1. The van der Waals surface area contributed by atoms with Crippen LogP contribution in [0.15, 0.2) is 36.8 Å². The Labute approximate surface area is 190 Å². The molecular formula is C22H24FN7O3. The minimum absolute atomic E-state index is 0.108. The van der Waals surface area contributed by atoms with Gasteiger partial charge in [0.25, 0.3) is 0 Å². The molecule has 4 rings (SSSR count). The van der Waals surface area contributed by atoms with E-state index in [0.717, 1.165) is 11.3 Å². The molecule has 172 valence electrons. The summed E-state index contributed by atoms with van der Waals surface area (Å²) < 4.78 is 25.0. The van der Waals surface area contributed by atoms with Crippen molar-refractivity contribution in [3.05, 3.63) is 54.0 Å². The van der Waals surface area contributed by atoms with Crippen LogP contribution in [-0.2, 0) is 16.0 Å². The number of carbonyl (C=O) groups excluding carboxylic acids is 1. The van der Waals surface area contributed by atoms with E-state index in [1.54, 1.807) is 30.7 Å². The molecule has 1 aliphatic heterocycles. The van der Waals surface area contributed by atoms with Crippen molar-refractivity contribution in [3.63, 3.8) is 0 Å². The molecule has 3 aromatic heterocycles. The molecule has 0 spiro atoms. The van der Waals surface area contributed by atoms with E-state index in [4.69, 9.17) is 15.2 Å². The Balaban J connectivity index is 1.44. The van der Waals surface area contributed by atoms with Crippen LogP contribution in [0.2, 0.25) is 0 Å². The number of ether oxygens (including phenoxy) is 2. The molecule has 0 radical (unpaired) electrons. The largest absolute Gasteiger partial charge is 0.493 e. The van der Waals surface area contributed by atoms with Crippen LogP contribution in [0.1, 0.15) is 30.6 Å². The van der Waals surface area contributed by atoms with E-state index in [2.05, 4.69) is 24.9 Å². The van der Waals surface area contributed by atoms with Crippen LogP contribution in [-0.4, -0.2) is 57.2 Å². The highest BCUT2D eigenvalue weighted by Gasteiger charge is 2.27. The van der Waals surface area contributed by atoms with Gasteiger partial charge in [0.2, 0.25) is 11.9 Å². The zero-order chi connectivity index (χ0) is 23.2. The van der Waals surface area contributed by atoms with Gasteiger partial charge in [-0.15, -0.1) is 0 Å². The number of aromatic nitrogens is 5. The van der Waals surface area contributed by atoms with Crippen LogP contribution in [0.3, 0.4) is 0 Å². The van der Waals surface area contributed by atoms with E-state index in [1.807, 2.05) is 11.8 Å². The lowest BCUT2D eigenvalue weighted by molar-refractivity contribution is -0.122. The molecule has 0 aromatic carbocycles. The first-order valence-electron chi connectivity index (χ1n) is 10.6. The SMILES string of the molecule is CC1c2cnc(-c3ncccn3)nc2CCN1c1cc(OCCCOCC(N)=O)cc(F)n1. The molecule has 0 bridgehead atoms. The van der Waals surface area contributed by atoms with E-state index in [0.29, 0.717) is 55.8 Å². The summed E-state index contributed by atoms with van der Waals surface area (Å²) in [6.45, 7) is 3.10. The molecule has 33 heavy (non-hydrogen) atoms. The third-order valence-corrected chi connectivity index (χ3v) is 5.17. The molecule has 1 amide bonds. The first-order valence-corrected chi connectivity index (χ1v) is 10.6. The van der Waals surface area contributed by atoms with Gasteiger partial charge >= 0.3 is 0 Å². The molecule has 4 heterocycles. The number of nitrogens with two attached hydrogens (primary N) is 1. The van der Waals surface area contributed by atoms with Crippen molar-refractivity contribution in [3.8, 4) is 17.4 Å². The summed E-state index contributed by atoms with van der Waals surface area (Å²) in [5.41, 5.74) is 6.88. The maximum absolute atomic E-state index is 14.2. The van der Waals surface area contributed by atoms with Gasteiger partial charge in [0.15, 0.2) is 11.6 Å². The fraction of sp³-hybridized carbons (Fsp3) is 0.364. The number of fused-ring (bicyclic) bond motifs is 1. The number of halogens is 1. The number of amides is 1. The highest BCUT2D eigenvalue weighted by Crippen LogP contribution is 2.33. The molecular weight excluding hydrogens is 429 g/mol. The van der Waals surface area contributed by atoms with Gasteiger partial charge < -0.3 is 20.1 Å². The van der Waals surface area contributed by atoms with Crippen molar-refractivity contribution >= 4 is 11.7 Å². The molecule has 0 saturated carbocycles. The molecule has 10 nitrogen and oxygen atoms in total. The fourth-order valence-corrected chi connectivity index (χ4v) is 3.61. The van der Waals surface area contributed by atoms with Gasteiger partial charge in [0.05, 0.1) is 24.9 Å². The van der Waals surface area contributed by atoms with Gasteiger partial charge in [0.1, 0.15) is 18.2 Å². The van der Waals surface area contributed by atoms with Gasteiger partial charge in [-0.25, -0.2) is 24.9 Å². The minimum atomic E-state index is -0.627. The Bertz CT molecular complexity index is 1120. The number of rotatable bonds is 9. The van der Waals surface area contributed by atoms with E-state index in [1.165, 1.54) is 6.07 Å². The lowest BCUT2D eigenvalue weighted by Crippen LogP contribution is -2.35. The maximum atomic E-state index is 14.2. The number of carbonyl (C=O) groups is 1. The van der Waals surface area contributed by atoms with Crippen molar-refractivity contribution < 1.29 is 18.7 Å². The van der Waals surface area contributed by atoms with Crippen LogP contribution in [0.25, 0.3) is 11.6 Å². The standard InChI is InChI=1S/C22H24FN7O3/c1-14-16-12-27-22(21-25-5-2-6-26-21)28-17(16)4-7-30(14)20-11-15(10-18(23)29-20)33-9-3-8-32-13-19(24)31/h2,5-6,10-12,14H,3-4,7-9,13H2,1H3,(H2,24,31). The number of hydrogen-bond donors (Lipinski definition) is 1. The topological polar surface area (TPSA) is 129 Å². The molecule has 0 aliphatic carbocycles. The average molecular weight is 453 g/mol. The van der Waals surface area contributed by atoms with Crippen LogP contribution in [0.5, 0.6) is 5.75 Å². The Hall–Kier alpha value is -3.73. The van der Waals surface area contributed by atoms with Gasteiger partial charge in [-0.1, -0.05) is 0 Å². The van der Waals surface area contributed by atoms with Crippen molar-refractivity contribution in [1.82, 2.24) is 24.9 Å². The fourth-order valence-electron chi connectivity index (χ4n) is 3.61. The van der Waals surface area contributed by atoms with Crippen molar-refractivity contribution in [2.45, 2.75) is 25.8 Å². The highest BCUT2D eigenvalue weighted by molar-refractivity contribution is 5.74. The Kier molecular flexibility index (Phi) is 6.98. The highest BCUT2D eigenvalue weighted by atomic mass is 19.1. The molecule has 1 aliphatic rings. The number of primary amides is 1. The predicted molar refractivity (Wildman–Crippen MR) is 117 cm³/mol.